The molecule has 4 N–H and O–H groups in total. The van der Waals surface area contributed by atoms with Crippen molar-refractivity contribution >= 4 is 5.82 Å². The number of hydrazine groups is 1. The van der Waals surface area contributed by atoms with Crippen molar-refractivity contribution in [2.24, 2.45) is 17.6 Å². The Hall–Kier alpha value is -1.28. The Balaban J connectivity index is 1.45. The monoisotopic (exact) mass is 360 g/mol. The largest absolute Gasteiger partial charge is 0.377 e. The van der Waals surface area contributed by atoms with Gasteiger partial charge in [-0.1, -0.05) is 6.92 Å². The van der Waals surface area contributed by atoms with Gasteiger partial charge in [-0.15, -0.1) is 0 Å². The van der Waals surface area contributed by atoms with E-state index in [-0.39, 0.29) is 0 Å². The maximum Gasteiger partial charge on any atom is 0.156 e. The van der Waals surface area contributed by atoms with Crippen molar-refractivity contribution in [2.75, 3.05) is 31.6 Å². The van der Waals surface area contributed by atoms with Crippen LogP contribution in [0.4, 0.5) is 5.82 Å². The fourth-order valence-electron chi connectivity index (χ4n) is 4.65. The molecule has 4 rings (SSSR count). The average Bonchev–Trinajstić information content (AvgIpc) is 3.05. The number of nitrogens with zero attached hydrogens (tertiary/aromatic N) is 3. The van der Waals surface area contributed by atoms with Crippen molar-refractivity contribution in [3.63, 3.8) is 0 Å². The first-order valence-electron chi connectivity index (χ1n) is 9.99. The number of rotatable bonds is 5. The Kier molecular flexibility index (Phi) is 5.40. The highest BCUT2D eigenvalue weighted by atomic mass is 16.5. The molecule has 7 heteroatoms. The quantitative estimate of drug-likeness (QED) is 0.726. The second-order valence-electron chi connectivity index (χ2n) is 8.28. The first-order valence-corrected chi connectivity index (χ1v) is 9.99. The van der Waals surface area contributed by atoms with Crippen molar-refractivity contribution in [1.82, 2.24) is 20.8 Å². The van der Waals surface area contributed by atoms with Gasteiger partial charge in [-0.25, -0.2) is 9.97 Å². The molecule has 0 spiro atoms. The summed E-state index contributed by atoms with van der Waals surface area (Å²) in [6.07, 6.45) is 4.47. The van der Waals surface area contributed by atoms with Crippen molar-refractivity contribution in [3.8, 4) is 0 Å². The van der Waals surface area contributed by atoms with Crippen LogP contribution in [0.3, 0.4) is 0 Å². The van der Waals surface area contributed by atoms with Crippen molar-refractivity contribution in [2.45, 2.75) is 57.2 Å². The summed E-state index contributed by atoms with van der Waals surface area (Å²) in [4.78, 5) is 11.9. The molecular formula is C19H32N6O. The summed E-state index contributed by atoms with van der Waals surface area (Å²) >= 11 is 0. The Morgan fingerprint density at radius 2 is 2.04 bits per heavy atom. The van der Waals surface area contributed by atoms with Gasteiger partial charge in [0, 0.05) is 56.5 Å². The van der Waals surface area contributed by atoms with Crippen LogP contribution >= 0.6 is 0 Å². The smallest absolute Gasteiger partial charge is 0.156 e. The molecule has 2 aliphatic heterocycles. The number of anilines is 1. The molecule has 2 atom stereocenters. The molecular weight excluding hydrogens is 328 g/mol. The van der Waals surface area contributed by atoms with Crippen LogP contribution in [-0.4, -0.2) is 48.8 Å². The third kappa shape index (κ3) is 3.71. The number of hydrogen-bond acceptors (Lipinski definition) is 7. The van der Waals surface area contributed by atoms with Gasteiger partial charge in [0.1, 0.15) is 12.4 Å². The number of methoxy groups -OCH3 is 1. The summed E-state index contributed by atoms with van der Waals surface area (Å²) < 4.78 is 5.29. The lowest BCUT2D eigenvalue weighted by Gasteiger charge is -2.37. The summed E-state index contributed by atoms with van der Waals surface area (Å²) in [5, 5.41) is 0. The molecule has 2 unspecified atom stereocenters. The van der Waals surface area contributed by atoms with E-state index in [9.17, 15) is 0 Å². The van der Waals surface area contributed by atoms with Gasteiger partial charge in [0.05, 0.1) is 0 Å². The summed E-state index contributed by atoms with van der Waals surface area (Å²) in [5.74, 6) is 3.77. The number of piperidine rings is 1. The van der Waals surface area contributed by atoms with Crippen LogP contribution in [0.1, 0.15) is 50.0 Å². The van der Waals surface area contributed by atoms with Gasteiger partial charge < -0.3 is 15.4 Å². The van der Waals surface area contributed by atoms with E-state index in [0.29, 0.717) is 30.5 Å². The predicted molar refractivity (Wildman–Crippen MR) is 102 cm³/mol. The number of nitrogens with one attached hydrogen (secondary N) is 2. The van der Waals surface area contributed by atoms with E-state index in [1.165, 1.54) is 12.8 Å². The topological polar surface area (TPSA) is 88.3 Å². The molecule has 3 fully saturated rings. The minimum Gasteiger partial charge on any atom is -0.377 e. The molecule has 1 saturated carbocycles. The number of aromatic nitrogens is 2. The van der Waals surface area contributed by atoms with Crippen LogP contribution in [0.5, 0.6) is 0 Å². The summed E-state index contributed by atoms with van der Waals surface area (Å²) in [6.45, 7) is 5.99. The van der Waals surface area contributed by atoms with Gasteiger partial charge in [-0.3, -0.25) is 10.9 Å². The van der Waals surface area contributed by atoms with Crippen molar-refractivity contribution in [1.29, 1.82) is 0 Å². The van der Waals surface area contributed by atoms with Gasteiger partial charge in [0.15, 0.2) is 5.82 Å². The SMILES string of the molecule is COCc1nc(C2CC(N)C2)cc(N2CCC(C3NNCC3C)CC2)n1. The minimum absolute atomic E-state index is 0.328. The minimum atomic E-state index is 0.328. The zero-order valence-corrected chi connectivity index (χ0v) is 15.9. The number of hydrogen-bond donors (Lipinski definition) is 3. The molecule has 0 radical (unpaired) electrons. The fourth-order valence-corrected chi connectivity index (χ4v) is 4.65. The van der Waals surface area contributed by atoms with E-state index in [1.54, 1.807) is 7.11 Å². The number of ether oxygens (including phenoxy) is 1. The average molecular weight is 361 g/mol. The van der Waals surface area contributed by atoms with Gasteiger partial charge in [0.2, 0.25) is 0 Å². The number of nitrogens with two attached hydrogens (primary N) is 1. The first kappa shape index (κ1) is 18.1. The van der Waals surface area contributed by atoms with Crippen LogP contribution in [0.2, 0.25) is 0 Å². The second kappa shape index (κ2) is 7.76. The Labute approximate surface area is 156 Å². The highest BCUT2D eigenvalue weighted by Crippen LogP contribution is 2.36. The second-order valence-corrected chi connectivity index (χ2v) is 8.28. The van der Waals surface area contributed by atoms with E-state index in [4.69, 9.17) is 20.4 Å². The summed E-state index contributed by atoms with van der Waals surface area (Å²) in [6, 6.07) is 3.11. The fraction of sp³-hybridized carbons (Fsp3) is 0.789. The van der Waals surface area contributed by atoms with Gasteiger partial charge in [-0.2, -0.15) is 0 Å². The summed E-state index contributed by atoms with van der Waals surface area (Å²) in [5.41, 5.74) is 13.9. The maximum absolute atomic E-state index is 5.98. The highest BCUT2D eigenvalue weighted by Gasteiger charge is 2.34. The lowest BCUT2D eigenvalue weighted by atomic mass is 9.78. The molecule has 144 valence electrons. The first-order chi connectivity index (χ1) is 12.6. The van der Waals surface area contributed by atoms with Gasteiger partial charge >= 0.3 is 0 Å². The van der Waals surface area contributed by atoms with Gasteiger partial charge in [-0.05, 0) is 37.5 Å². The molecule has 1 aromatic rings. The normalized spacial score (nSPS) is 32.7. The molecule has 0 aromatic carbocycles. The lowest BCUT2D eigenvalue weighted by Crippen LogP contribution is -2.44. The van der Waals surface area contributed by atoms with E-state index in [2.05, 4.69) is 28.7 Å². The molecule has 0 amide bonds. The van der Waals surface area contributed by atoms with Crippen LogP contribution in [0.25, 0.3) is 0 Å². The molecule has 7 nitrogen and oxygen atoms in total. The molecule has 0 bridgehead atoms. The van der Waals surface area contributed by atoms with Crippen LogP contribution < -0.4 is 21.5 Å². The molecule has 1 aliphatic carbocycles. The third-order valence-corrected chi connectivity index (χ3v) is 6.32. The van der Waals surface area contributed by atoms with Crippen LogP contribution in [0, 0.1) is 11.8 Å². The molecule has 1 aromatic heterocycles. The third-order valence-electron chi connectivity index (χ3n) is 6.32. The van der Waals surface area contributed by atoms with Crippen LogP contribution in [-0.2, 0) is 11.3 Å². The van der Waals surface area contributed by atoms with E-state index in [1.807, 2.05) is 0 Å². The predicted octanol–water partition coefficient (Wildman–Crippen LogP) is 1.16. The van der Waals surface area contributed by atoms with Gasteiger partial charge in [0.25, 0.3) is 0 Å². The maximum atomic E-state index is 5.98. The van der Waals surface area contributed by atoms with E-state index >= 15 is 0 Å². The molecule has 3 heterocycles. The Morgan fingerprint density at radius 3 is 2.65 bits per heavy atom. The molecule has 3 aliphatic rings. The van der Waals surface area contributed by atoms with E-state index < -0.39 is 0 Å². The highest BCUT2D eigenvalue weighted by molar-refractivity contribution is 5.41. The zero-order valence-electron chi connectivity index (χ0n) is 15.9. The Bertz CT molecular complexity index is 612. The zero-order chi connectivity index (χ0) is 18.1. The van der Waals surface area contributed by atoms with Crippen molar-refractivity contribution in [3.05, 3.63) is 17.6 Å². The lowest BCUT2D eigenvalue weighted by molar-refractivity contribution is 0.177. The molecule has 26 heavy (non-hydrogen) atoms. The summed E-state index contributed by atoms with van der Waals surface area (Å²) in [7, 11) is 1.70. The van der Waals surface area contributed by atoms with Crippen LogP contribution in [0.15, 0.2) is 6.07 Å². The van der Waals surface area contributed by atoms with E-state index in [0.717, 1.165) is 55.7 Å². The van der Waals surface area contributed by atoms with Crippen molar-refractivity contribution < 1.29 is 4.74 Å². The standard InChI is InChI=1S/C19H32N6O/c1-12-10-21-24-19(12)13-3-5-25(6-4-13)18-9-16(14-7-15(20)8-14)22-17(23-18)11-26-2/h9,12-15,19,21,24H,3-8,10-11,20H2,1-2H3. The molecule has 2 saturated heterocycles. The Morgan fingerprint density at radius 1 is 1.27 bits per heavy atom.